The van der Waals surface area contributed by atoms with Crippen LogP contribution in [-0.2, 0) is 9.53 Å². The van der Waals surface area contributed by atoms with Crippen molar-refractivity contribution in [3.05, 3.63) is 6.07 Å². The van der Waals surface area contributed by atoms with Crippen LogP contribution in [-0.4, -0.2) is 35.8 Å². The van der Waals surface area contributed by atoms with Gasteiger partial charge in [0.25, 0.3) is 0 Å². The molecule has 0 unspecified atom stereocenters. The molecular weight excluding hydrogens is 216 g/mol. The highest BCUT2D eigenvalue weighted by molar-refractivity contribution is 7.98. The van der Waals surface area contributed by atoms with E-state index < -0.39 is 0 Å². The third-order valence-electron chi connectivity index (χ3n) is 1.55. The van der Waals surface area contributed by atoms with Gasteiger partial charge in [0.2, 0.25) is 0 Å². The Balaban J connectivity index is 2.68. The van der Waals surface area contributed by atoms with Gasteiger partial charge < -0.3 is 15.8 Å². The summed E-state index contributed by atoms with van der Waals surface area (Å²) >= 11 is 1.38. The van der Waals surface area contributed by atoms with Crippen LogP contribution in [0.2, 0.25) is 0 Å². The normalized spacial score (nSPS) is 9.73. The molecule has 6 nitrogen and oxygen atoms in total. The molecule has 1 aromatic rings. The predicted molar refractivity (Wildman–Crippen MR) is 58.7 cm³/mol. The highest BCUT2D eigenvalue weighted by Gasteiger charge is 2.04. The lowest BCUT2D eigenvalue weighted by Gasteiger charge is -2.05. The summed E-state index contributed by atoms with van der Waals surface area (Å²) in [5.41, 5.74) is 5.55. The number of hydrogen-bond acceptors (Lipinski definition) is 7. The second-order valence-electron chi connectivity index (χ2n) is 2.59. The van der Waals surface area contributed by atoms with Crippen molar-refractivity contribution >= 4 is 29.4 Å². The first-order valence-electron chi connectivity index (χ1n) is 4.15. The number of nitrogens with two attached hydrogens (primary N) is 1. The largest absolute Gasteiger partial charge is 0.468 e. The molecule has 0 aromatic carbocycles. The number of esters is 1. The summed E-state index contributed by atoms with van der Waals surface area (Å²) < 4.78 is 4.48. The summed E-state index contributed by atoms with van der Waals surface area (Å²) in [6.45, 7) is 0.0563. The molecule has 0 atom stereocenters. The van der Waals surface area contributed by atoms with Crippen LogP contribution in [0.1, 0.15) is 0 Å². The molecule has 82 valence electrons. The summed E-state index contributed by atoms with van der Waals surface area (Å²) in [6.07, 6.45) is 1.85. The van der Waals surface area contributed by atoms with Crippen molar-refractivity contribution in [2.45, 2.75) is 5.16 Å². The number of thioether (sulfide) groups is 1. The van der Waals surface area contributed by atoms with E-state index in [1.54, 1.807) is 6.07 Å². The molecule has 0 amide bonds. The number of nitrogen functional groups attached to an aromatic ring is 1. The molecule has 7 heteroatoms. The summed E-state index contributed by atoms with van der Waals surface area (Å²) in [5, 5.41) is 3.35. The van der Waals surface area contributed by atoms with Crippen LogP contribution in [0.3, 0.4) is 0 Å². The SMILES string of the molecule is COC(=O)CNc1cc(N)nc(SC)n1. The maximum Gasteiger partial charge on any atom is 0.325 e. The maximum absolute atomic E-state index is 10.9. The number of rotatable bonds is 4. The molecule has 0 spiro atoms. The summed E-state index contributed by atoms with van der Waals surface area (Å²) in [5.74, 6) is 0.511. The van der Waals surface area contributed by atoms with E-state index >= 15 is 0 Å². The second-order valence-corrected chi connectivity index (χ2v) is 3.37. The van der Waals surface area contributed by atoms with Gasteiger partial charge in [-0.15, -0.1) is 0 Å². The minimum Gasteiger partial charge on any atom is -0.468 e. The van der Waals surface area contributed by atoms with Gasteiger partial charge in [0, 0.05) is 6.07 Å². The van der Waals surface area contributed by atoms with Gasteiger partial charge in [-0.25, -0.2) is 9.97 Å². The van der Waals surface area contributed by atoms with Gasteiger partial charge in [0.1, 0.15) is 18.2 Å². The Bertz CT molecular complexity index is 358. The van der Waals surface area contributed by atoms with Crippen molar-refractivity contribution in [3.8, 4) is 0 Å². The van der Waals surface area contributed by atoms with Crippen molar-refractivity contribution < 1.29 is 9.53 Å². The molecule has 1 aromatic heterocycles. The number of nitrogens with zero attached hydrogens (tertiary/aromatic N) is 2. The lowest BCUT2D eigenvalue weighted by atomic mass is 10.5. The zero-order valence-electron chi connectivity index (χ0n) is 8.48. The summed E-state index contributed by atoms with van der Waals surface area (Å²) in [4.78, 5) is 18.9. The highest BCUT2D eigenvalue weighted by atomic mass is 32.2. The standard InChI is InChI=1S/C8H12N4O2S/c1-14-7(13)4-10-6-3-5(9)11-8(12-6)15-2/h3H,4H2,1-2H3,(H3,9,10,11,12). The van der Waals surface area contributed by atoms with Crippen LogP contribution in [0.4, 0.5) is 11.6 Å². The number of nitrogens with one attached hydrogen (secondary N) is 1. The molecule has 0 saturated carbocycles. The Labute approximate surface area is 91.6 Å². The second kappa shape index (κ2) is 5.40. The minimum atomic E-state index is -0.363. The molecule has 15 heavy (non-hydrogen) atoms. The van der Waals surface area contributed by atoms with Crippen molar-refractivity contribution in [3.63, 3.8) is 0 Å². The highest BCUT2D eigenvalue weighted by Crippen LogP contribution is 2.14. The zero-order valence-corrected chi connectivity index (χ0v) is 9.30. The Morgan fingerprint density at radius 1 is 1.67 bits per heavy atom. The van der Waals surface area contributed by atoms with Crippen molar-refractivity contribution in [1.82, 2.24) is 9.97 Å². The Morgan fingerprint density at radius 3 is 3.00 bits per heavy atom. The first-order chi connectivity index (χ1) is 7.15. The van der Waals surface area contributed by atoms with Gasteiger partial charge in [0.05, 0.1) is 7.11 Å². The van der Waals surface area contributed by atoms with Crippen LogP contribution >= 0.6 is 11.8 Å². The van der Waals surface area contributed by atoms with Crippen molar-refractivity contribution in [2.75, 3.05) is 31.0 Å². The molecular formula is C8H12N4O2S. The number of carbonyl (C=O) groups is 1. The van der Waals surface area contributed by atoms with Gasteiger partial charge in [-0.3, -0.25) is 4.79 Å². The average Bonchev–Trinajstić information content (AvgIpc) is 2.25. The molecule has 0 aliphatic heterocycles. The lowest BCUT2D eigenvalue weighted by molar-refractivity contribution is -0.138. The van der Waals surface area contributed by atoms with Crippen LogP contribution < -0.4 is 11.1 Å². The number of hydrogen-bond donors (Lipinski definition) is 2. The summed E-state index contributed by atoms with van der Waals surface area (Å²) in [7, 11) is 1.33. The third-order valence-corrected chi connectivity index (χ3v) is 2.10. The van der Waals surface area contributed by atoms with Crippen LogP contribution in [0.15, 0.2) is 11.2 Å². The van der Waals surface area contributed by atoms with E-state index in [1.165, 1.54) is 18.9 Å². The van der Waals surface area contributed by atoms with E-state index in [0.29, 0.717) is 16.8 Å². The van der Waals surface area contributed by atoms with E-state index in [4.69, 9.17) is 5.73 Å². The molecule has 0 aliphatic carbocycles. The van der Waals surface area contributed by atoms with E-state index in [9.17, 15) is 4.79 Å². The summed E-state index contributed by atoms with van der Waals surface area (Å²) in [6, 6.07) is 1.56. The monoisotopic (exact) mass is 228 g/mol. The fraction of sp³-hybridized carbons (Fsp3) is 0.375. The molecule has 1 heterocycles. The number of methoxy groups -OCH3 is 1. The average molecular weight is 228 g/mol. The van der Waals surface area contributed by atoms with Crippen LogP contribution in [0, 0.1) is 0 Å². The van der Waals surface area contributed by atoms with Crippen molar-refractivity contribution in [2.24, 2.45) is 0 Å². The van der Waals surface area contributed by atoms with Crippen LogP contribution in [0.5, 0.6) is 0 Å². The molecule has 0 aliphatic rings. The van der Waals surface area contributed by atoms with Gasteiger partial charge in [-0.1, -0.05) is 11.8 Å². The number of carbonyl (C=O) groups excluding carboxylic acids is 1. The number of aromatic nitrogens is 2. The molecule has 0 bridgehead atoms. The molecule has 3 N–H and O–H groups in total. The van der Waals surface area contributed by atoms with Crippen molar-refractivity contribution in [1.29, 1.82) is 0 Å². The van der Waals surface area contributed by atoms with E-state index in [1.807, 2.05) is 6.26 Å². The van der Waals surface area contributed by atoms with Gasteiger partial charge in [-0.2, -0.15) is 0 Å². The zero-order chi connectivity index (χ0) is 11.3. The van der Waals surface area contributed by atoms with Gasteiger partial charge >= 0.3 is 5.97 Å². The van der Waals surface area contributed by atoms with E-state index in [2.05, 4.69) is 20.0 Å². The smallest absolute Gasteiger partial charge is 0.325 e. The quantitative estimate of drug-likeness (QED) is 0.437. The Hall–Kier alpha value is -1.50. The fourth-order valence-electron chi connectivity index (χ4n) is 0.860. The van der Waals surface area contributed by atoms with Gasteiger partial charge in [0.15, 0.2) is 5.16 Å². The predicted octanol–water partition coefficient (Wildman–Crippen LogP) is 0.366. The fourth-order valence-corrected chi connectivity index (χ4v) is 1.25. The Kier molecular flexibility index (Phi) is 4.17. The Morgan fingerprint density at radius 2 is 2.40 bits per heavy atom. The third kappa shape index (κ3) is 3.62. The van der Waals surface area contributed by atoms with E-state index in [0.717, 1.165) is 0 Å². The molecule has 0 radical (unpaired) electrons. The first-order valence-corrected chi connectivity index (χ1v) is 5.37. The minimum absolute atomic E-state index is 0.0563. The topological polar surface area (TPSA) is 90.1 Å². The van der Waals surface area contributed by atoms with E-state index in [-0.39, 0.29) is 12.5 Å². The number of anilines is 2. The molecule has 0 saturated heterocycles. The maximum atomic E-state index is 10.9. The lowest BCUT2D eigenvalue weighted by Crippen LogP contribution is -2.16. The first kappa shape index (κ1) is 11.6. The van der Waals surface area contributed by atoms with Crippen LogP contribution in [0.25, 0.3) is 0 Å². The molecule has 1 rings (SSSR count). The number of ether oxygens (including phenoxy) is 1. The molecule has 0 fully saturated rings. The van der Waals surface area contributed by atoms with Gasteiger partial charge in [-0.05, 0) is 6.26 Å².